The zero-order valence-corrected chi connectivity index (χ0v) is 11.0. The van der Waals surface area contributed by atoms with E-state index in [2.05, 4.69) is 26.2 Å². The standard InChI is InChI=1S/C11H9BrFN3O2/c1-2-9-10(11(17)18)14-15-16(9)6-3-4-7(12)8(13)5-6/h3-5H,2H2,1H3,(H,17,18). The van der Waals surface area contributed by atoms with E-state index in [9.17, 15) is 9.18 Å². The first-order valence-corrected chi connectivity index (χ1v) is 5.97. The maximum Gasteiger partial charge on any atom is 0.358 e. The average molecular weight is 314 g/mol. The van der Waals surface area contributed by atoms with E-state index < -0.39 is 11.8 Å². The second-order valence-electron chi connectivity index (χ2n) is 3.55. The first-order chi connectivity index (χ1) is 8.54. The fourth-order valence-corrected chi connectivity index (χ4v) is 1.86. The number of hydrogen-bond acceptors (Lipinski definition) is 3. The zero-order valence-electron chi connectivity index (χ0n) is 9.39. The van der Waals surface area contributed by atoms with E-state index in [1.165, 1.54) is 16.8 Å². The third-order valence-electron chi connectivity index (χ3n) is 2.45. The first kappa shape index (κ1) is 12.7. The number of halogens is 2. The SMILES string of the molecule is CCc1c(C(=O)O)nnn1-c1ccc(Br)c(F)c1. The number of aromatic carboxylic acids is 1. The summed E-state index contributed by atoms with van der Waals surface area (Å²) in [5.41, 5.74) is 0.762. The molecule has 0 saturated heterocycles. The fraction of sp³-hybridized carbons (Fsp3) is 0.182. The molecule has 0 aliphatic carbocycles. The maximum absolute atomic E-state index is 13.4. The Hall–Kier alpha value is -1.76. The van der Waals surface area contributed by atoms with Gasteiger partial charge in [-0.05, 0) is 34.5 Å². The molecule has 0 fully saturated rings. The lowest BCUT2D eigenvalue weighted by Gasteiger charge is -2.05. The van der Waals surface area contributed by atoms with E-state index >= 15 is 0 Å². The molecule has 94 valence electrons. The summed E-state index contributed by atoms with van der Waals surface area (Å²) in [5, 5.41) is 16.3. The average Bonchev–Trinajstić information content (AvgIpc) is 2.76. The van der Waals surface area contributed by atoms with Crippen molar-refractivity contribution in [2.45, 2.75) is 13.3 Å². The molecular weight excluding hydrogens is 305 g/mol. The Morgan fingerprint density at radius 3 is 2.83 bits per heavy atom. The minimum absolute atomic E-state index is 0.110. The van der Waals surface area contributed by atoms with Crippen LogP contribution in [0.2, 0.25) is 0 Å². The monoisotopic (exact) mass is 313 g/mol. The highest BCUT2D eigenvalue weighted by Gasteiger charge is 2.18. The number of carboxylic acids is 1. The van der Waals surface area contributed by atoms with Crippen LogP contribution in [0.1, 0.15) is 23.1 Å². The quantitative estimate of drug-likeness (QED) is 0.945. The largest absolute Gasteiger partial charge is 0.476 e. The van der Waals surface area contributed by atoms with E-state index in [0.29, 0.717) is 22.3 Å². The van der Waals surface area contributed by atoms with Crippen LogP contribution in [-0.2, 0) is 6.42 Å². The van der Waals surface area contributed by atoms with Crippen LogP contribution in [0.4, 0.5) is 4.39 Å². The van der Waals surface area contributed by atoms with Gasteiger partial charge < -0.3 is 5.11 Å². The van der Waals surface area contributed by atoms with Crippen molar-refractivity contribution in [2.75, 3.05) is 0 Å². The molecule has 0 radical (unpaired) electrons. The summed E-state index contributed by atoms with van der Waals surface area (Å²) in [7, 11) is 0. The molecule has 2 rings (SSSR count). The van der Waals surface area contributed by atoms with Gasteiger partial charge in [0.15, 0.2) is 5.69 Å². The van der Waals surface area contributed by atoms with E-state index in [1.54, 1.807) is 13.0 Å². The second kappa shape index (κ2) is 4.85. The third-order valence-corrected chi connectivity index (χ3v) is 3.09. The summed E-state index contributed by atoms with van der Waals surface area (Å²) in [4.78, 5) is 10.9. The van der Waals surface area contributed by atoms with Crippen LogP contribution in [0.25, 0.3) is 5.69 Å². The molecule has 1 heterocycles. The Morgan fingerprint density at radius 1 is 1.56 bits per heavy atom. The molecule has 0 saturated carbocycles. The number of benzene rings is 1. The minimum Gasteiger partial charge on any atom is -0.476 e. The van der Waals surface area contributed by atoms with Crippen LogP contribution in [-0.4, -0.2) is 26.1 Å². The summed E-state index contributed by atoms with van der Waals surface area (Å²) in [6.07, 6.45) is 0.437. The second-order valence-corrected chi connectivity index (χ2v) is 4.41. The fourth-order valence-electron chi connectivity index (χ4n) is 1.61. The van der Waals surface area contributed by atoms with Crippen LogP contribution < -0.4 is 0 Å². The van der Waals surface area contributed by atoms with Gasteiger partial charge in [0, 0.05) is 6.07 Å². The maximum atomic E-state index is 13.4. The van der Waals surface area contributed by atoms with Gasteiger partial charge in [-0.1, -0.05) is 12.1 Å². The van der Waals surface area contributed by atoms with Crippen LogP contribution in [0.3, 0.4) is 0 Å². The normalized spacial score (nSPS) is 10.6. The van der Waals surface area contributed by atoms with Gasteiger partial charge >= 0.3 is 5.97 Å². The molecule has 18 heavy (non-hydrogen) atoms. The Labute approximate surface area is 110 Å². The van der Waals surface area contributed by atoms with Gasteiger partial charge in [-0.25, -0.2) is 13.9 Å². The van der Waals surface area contributed by atoms with Crippen LogP contribution in [0.15, 0.2) is 22.7 Å². The molecule has 0 amide bonds. The van der Waals surface area contributed by atoms with Gasteiger partial charge in [-0.15, -0.1) is 5.10 Å². The molecule has 1 aromatic heterocycles. The van der Waals surface area contributed by atoms with Gasteiger partial charge in [0.1, 0.15) is 5.82 Å². The van der Waals surface area contributed by atoms with Crippen LogP contribution in [0.5, 0.6) is 0 Å². The van der Waals surface area contributed by atoms with Crippen LogP contribution >= 0.6 is 15.9 Å². The minimum atomic E-state index is -1.14. The summed E-state index contributed by atoms with van der Waals surface area (Å²) >= 11 is 3.05. The number of aromatic nitrogens is 3. The lowest BCUT2D eigenvalue weighted by atomic mass is 10.2. The molecule has 1 N–H and O–H groups in total. The van der Waals surface area contributed by atoms with Gasteiger partial charge in [-0.3, -0.25) is 0 Å². The number of nitrogens with zero attached hydrogens (tertiary/aromatic N) is 3. The number of rotatable bonds is 3. The van der Waals surface area contributed by atoms with Crippen molar-refractivity contribution >= 4 is 21.9 Å². The number of hydrogen-bond donors (Lipinski definition) is 1. The number of carbonyl (C=O) groups is 1. The molecule has 5 nitrogen and oxygen atoms in total. The molecule has 0 bridgehead atoms. The Bertz CT molecular complexity index is 612. The summed E-state index contributed by atoms with van der Waals surface area (Å²) in [6, 6.07) is 4.43. The van der Waals surface area contributed by atoms with Crippen molar-refractivity contribution in [3.05, 3.63) is 39.9 Å². The lowest BCUT2D eigenvalue weighted by molar-refractivity contribution is 0.0689. The molecule has 0 atom stereocenters. The van der Waals surface area contributed by atoms with Crippen molar-refractivity contribution in [3.8, 4) is 5.69 Å². The molecular formula is C11H9BrFN3O2. The Morgan fingerprint density at radius 2 is 2.28 bits per heavy atom. The molecule has 1 aromatic carbocycles. The molecule has 2 aromatic rings. The molecule has 7 heteroatoms. The Kier molecular flexibility index (Phi) is 3.42. The predicted molar refractivity (Wildman–Crippen MR) is 65.4 cm³/mol. The van der Waals surface area contributed by atoms with Gasteiger partial charge in [0.2, 0.25) is 0 Å². The van der Waals surface area contributed by atoms with E-state index in [1.807, 2.05) is 0 Å². The topological polar surface area (TPSA) is 68.0 Å². The molecule has 0 unspecified atom stereocenters. The smallest absolute Gasteiger partial charge is 0.358 e. The zero-order chi connectivity index (χ0) is 13.3. The highest BCUT2D eigenvalue weighted by molar-refractivity contribution is 9.10. The van der Waals surface area contributed by atoms with Crippen molar-refractivity contribution in [3.63, 3.8) is 0 Å². The predicted octanol–water partition coefficient (Wildman–Crippen LogP) is 2.43. The highest BCUT2D eigenvalue weighted by Crippen LogP contribution is 2.20. The van der Waals surface area contributed by atoms with Crippen molar-refractivity contribution in [2.24, 2.45) is 0 Å². The molecule has 0 spiro atoms. The third kappa shape index (κ3) is 2.13. The van der Waals surface area contributed by atoms with E-state index in [0.717, 1.165) is 0 Å². The van der Waals surface area contributed by atoms with E-state index in [-0.39, 0.29) is 5.69 Å². The van der Waals surface area contributed by atoms with Crippen molar-refractivity contribution in [1.82, 2.24) is 15.0 Å². The first-order valence-electron chi connectivity index (χ1n) is 5.18. The summed E-state index contributed by atoms with van der Waals surface area (Å²) < 4.78 is 15.1. The molecule has 0 aliphatic rings. The van der Waals surface area contributed by atoms with Crippen LogP contribution in [0, 0.1) is 5.82 Å². The summed E-state index contributed by atoms with van der Waals surface area (Å²) in [6.45, 7) is 1.79. The molecule has 0 aliphatic heterocycles. The van der Waals surface area contributed by atoms with E-state index in [4.69, 9.17) is 5.11 Å². The van der Waals surface area contributed by atoms with Crippen molar-refractivity contribution in [1.29, 1.82) is 0 Å². The lowest BCUT2D eigenvalue weighted by Crippen LogP contribution is -2.06. The van der Waals surface area contributed by atoms with Gasteiger partial charge in [0.05, 0.1) is 15.9 Å². The van der Waals surface area contributed by atoms with Crippen molar-refractivity contribution < 1.29 is 14.3 Å². The Balaban J connectivity index is 2.57. The highest BCUT2D eigenvalue weighted by atomic mass is 79.9. The van der Waals surface area contributed by atoms with Gasteiger partial charge in [0.25, 0.3) is 0 Å². The number of carboxylic acid groups (broad SMARTS) is 1. The summed E-state index contributed by atoms with van der Waals surface area (Å²) in [5.74, 6) is -1.59. The van der Waals surface area contributed by atoms with Gasteiger partial charge in [-0.2, -0.15) is 0 Å².